The molecule has 0 radical (unpaired) electrons. The topological polar surface area (TPSA) is 95.1 Å². The van der Waals surface area contributed by atoms with Crippen LogP contribution in [0.15, 0.2) is 55.4 Å². The molecule has 1 atom stereocenters. The van der Waals surface area contributed by atoms with Gasteiger partial charge in [-0.1, -0.05) is 37.2 Å². The number of aromatic nitrogens is 2. The Balaban J connectivity index is 1.44. The summed E-state index contributed by atoms with van der Waals surface area (Å²) in [5.41, 5.74) is 4.33. The number of ether oxygens (including phenoxy) is 1. The second-order valence-corrected chi connectivity index (χ2v) is 10.4. The molecule has 0 spiro atoms. The summed E-state index contributed by atoms with van der Waals surface area (Å²) >= 11 is 6.41. The van der Waals surface area contributed by atoms with Gasteiger partial charge in [0.15, 0.2) is 5.82 Å². The Kier molecular flexibility index (Phi) is 8.92. The Hall–Kier alpha value is -3.86. The minimum atomic E-state index is -0.285. The highest BCUT2D eigenvalue weighted by Gasteiger charge is 2.31. The second-order valence-electron chi connectivity index (χ2n) is 9.99. The van der Waals surface area contributed by atoms with Gasteiger partial charge >= 0.3 is 0 Å². The standard InChI is InChI=1S/C30H36ClN7O3/c1-5-30(39)35-23-16-24(27(40-4)17-26(23)37-13-11-36(6-2)12-14-37)34-28-18-29(33-19-32-28)38-25(10-15-41-38)21-8-7-9-22(31)20(21)3/h5,7-9,16-19,25H,1,6,10-15H2,2-4H3,(H,35,39)(H,32,33,34). The normalized spacial score (nSPS) is 17.4. The van der Waals surface area contributed by atoms with Crippen LogP contribution in [0.25, 0.3) is 0 Å². The number of rotatable bonds is 9. The molecule has 2 saturated heterocycles. The second kappa shape index (κ2) is 12.8. The lowest BCUT2D eigenvalue weighted by molar-refractivity contribution is -0.111. The fraction of sp³-hybridized carbons (Fsp3) is 0.367. The summed E-state index contributed by atoms with van der Waals surface area (Å²) in [6.45, 7) is 13.0. The highest BCUT2D eigenvalue weighted by atomic mass is 35.5. The van der Waals surface area contributed by atoms with Crippen LogP contribution in [0.4, 0.5) is 28.7 Å². The average molecular weight is 578 g/mol. The minimum Gasteiger partial charge on any atom is -0.494 e. The van der Waals surface area contributed by atoms with Gasteiger partial charge in [-0.15, -0.1) is 0 Å². The first kappa shape index (κ1) is 28.7. The van der Waals surface area contributed by atoms with Crippen LogP contribution in [0.2, 0.25) is 5.02 Å². The molecule has 41 heavy (non-hydrogen) atoms. The third kappa shape index (κ3) is 6.24. The van der Waals surface area contributed by atoms with Gasteiger partial charge in [0.2, 0.25) is 5.91 Å². The minimum absolute atomic E-state index is 0.0286. The van der Waals surface area contributed by atoms with Gasteiger partial charge in [0.25, 0.3) is 0 Å². The lowest BCUT2D eigenvalue weighted by Crippen LogP contribution is -2.46. The van der Waals surface area contributed by atoms with Crippen LogP contribution >= 0.6 is 11.6 Å². The number of amides is 1. The van der Waals surface area contributed by atoms with Crippen molar-refractivity contribution in [3.63, 3.8) is 0 Å². The lowest BCUT2D eigenvalue weighted by atomic mass is 9.99. The van der Waals surface area contributed by atoms with Crippen LogP contribution in [-0.4, -0.2) is 67.2 Å². The quantitative estimate of drug-likeness (QED) is 0.327. The molecule has 2 aliphatic heterocycles. The van der Waals surface area contributed by atoms with E-state index in [1.807, 2.05) is 42.3 Å². The Morgan fingerprint density at radius 3 is 2.73 bits per heavy atom. The largest absolute Gasteiger partial charge is 0.494 e. The highest BCUT2D eigenvalue weighted by Crippen LogP contribution is 2.40. The summed E-state index contributed by atoms with van der Waals surface area (Å²) in [7, 11) is 1.63. The van der Waals surface area contributed by atoms with Gasteiger partial charge in [-0.2, -0.15) is 0 Å². The molecular weight excluding hydrogens is 542 g/mol. The van der Waals surface area contributed by atoms with Crippen LogP contribution in [0.1, 0.15) is 30.5 Å². The molecular formula is C30H36ClN7O3. The van der Waals surface area contributed by atoms with E-state index < -0.39 is 0 Å². The lowest BCUT2D eigenvalue weighted by Gasteiger charge is -2.36. The van der Waals surface area contributed by atoms with E-state index in [9.17, 15) is 4.79 Å². The molecule has 216 valence electrons. The van der Waals surface area contributed by atoms with Crippen molar-refractivity contribution in [2.75, 3.05) is 67.0 Å². The molecule has 0 saturated carbocycles. The molecule has 0 aliphatic carbocycles. The fourth-order valence-electron chi connectivity index (χ4n) is 5.32. The van der Waals surface area contributed by atoms with Gasteiger partial charge in [-0.05, 0) is 42.8 Å². The number of benzene rings is 2. The molecule has 2 fully saturated rings. The van der Waals surface area contributed by atoms with Crippen molar-refractivity contribution < 1.29 is 14.4 Å². The first-order valence-electron chi connectivity index (χ1n) is 13.8. The number of hydroxylamine groups is 1. The van der Waals surface area contributed by atoms with Crippen molar-refractivity contribution in [3.8, 4) is 5.75 Å². The fourth-order valence-corrected chi connectivity index (χ4v) is 5.50. The smallest absolute Gasteiger partial charge is 0.247 e. The number of carbonyl (C=O) groups is 1. The molecule has 2 aliphatic rings. The molecule has 3 heterocycles. The molecule has 11 heteroatoms. The van der Waals surface area contributed by atoms with E-state index >= 15 is 0 Å². The van der Waals surface area contributed by atoms with E-state index in [0.717, 1.165) is 61.0 Å². The van der Waals surface area contributed by atoms with Crippen LogP contribution in [-0.2, 0) is 9.63 Å². The number of halogens is 1. The maximum atomic E-state index is 12.4. The van der Waals surface area contributed by atoms with E-state index in [4.69, 9.17) is 21.2 Å². The number of carbonyl (C=O) groups excluding carboxylic acids is 1. The van der Waals surface area contributed by atoms with Gasteiger partial charge < -0.3 is 25.2 Å². The van der Waals surface area contributed by atoms with Crippen LogP contribution in [0.5, 0.6) is 5.75 Å². The molecule has 2 N–H and O–H groups in total. The third-order valence-corrected chi connectivity index (χ3v) is 8.05. The summed E-state index contributed by atoms with van der Waals surface area (Å²) in [6, 6.07) is 11.5. The van der Waals surface area contributed by atoms with E-state index in [1.54, 1.807) is 7.11 Å². The van der Waals surface area contributed by atoms with Gasteiger partial charge in [-0.25, -0.2) is 15.0 Å². The van der Waals surface area contributed by atoms with Crippen molar-refractivity contribution in [2.24, 2.45) is 0 Å². The maximum Gasteiger partial charge on any atom is 0.247 e. The molecule has 1 aromatic heterocycles. The van der Waals surface area contributed by atoms with Crippen LogP contribution in [0.3, 0.4) is 0 Å². The van der Waals surface area contributed by atoms with Gasteiger partial charge in [0.1, 0.15) is 17.9 Å². The summed E-state index contributed by atoms with van der Waals surface area (Å²) in [5, 5.41) is 8.87. The Labute approximate surface area is 245 Å². The van der Waals surface area contributed by atoms with Crippen LogP contribution in [0, 0.1) is 6.92 Å². The Bertz CT molecular complexity index is 1410. The molecule has 1 amide bonds. The van der Waals surface area contributed by atoms with Gasteiger partial charge in [-0.3, -0.25) is 9.63 Å². The van der Waals surface area contributed by atoms with Crippen LogP contribution < -0.4 is 25.3 Å². The zero-order valence-corrected chi connectivity index (χ0v) is 24.4. The summed E-state index contributed by atoms with van der Waals surface area (Å²) in [6.07, 6.45) is 3.57. The predicted octanol–water partition coefficient (Wildman–Crippen LogP) is 5.34. The number of hydrogen-bond acceptors (Lipinski definition) is 9. The molecule has 1 unspecified atom stereocenters. The molecule has 10 nitrogen and oxygen atoms in total. The zero-order valence-electron chi connectivity index (χ0n) is 23.7. The molecule has 3 aromatic rings. The zero-order chi connectivity index (χ0) is 28.9. The molecule has 5 rings (SSSR count). The molecule has 0 bridgehead atoms. The number of methoxy groups -OCH3 is 1. The molecule has 2 aromatic carbocycles. The Morgan fingerprint density at radius 1 is 1.20 bits per heavy atom. The number of piperazine rings is 1. The highest BCUT2D eigenvalue weighted by molar-refractivity contribution is 6.31. The van der Waals surface area contributed by atoms with Crippen molar-refractivity contribution in [1.29, 1.82) is 0 Å². The van der Waals surface area contributed by atoms with Gasteiger partial charge in [0, 0.05) is 49.8 Å². The van der Waals surface area contributed by atoms with Crippen molar-refractivity contribution in [2.45, 2.75) is 26.3 Å². The third-order valence-electron chi connectivity index (χ3n) is 7.64. The predicted molar refractivity (Wildman–Crippen MR) is 163 cm³/mol. The summed E-state index contributed by atoms with van der Waals surface area (Å²) < 4.78 is 5.78. The monoisotopic (exact) mass is 577 g/mol. The number of anilines is 5. The SMILES string of the molecule is C=CC(=O)Nc1cc(Nc2cc(N3OCCC3c3cccc(Cl)c3C)ncn2)c(OC)cc1N1CCN(CC)CC1. The average Bonchev–Trinajstić information content (AvgIpc) is 3.49. The van der Waals surface area contributed by atoms with E-state index in [-0.39, 0.29) is 11.9 Å². The number of nitrogens with one attached hydrogen (secondary N) is 2. The summed E-state index contributed by atoms with van der Waals surface area (Å²) in [4.78, 5) is 32.0. The first-order valence-corrected chi connectivity index (χ1v) is 14.2. The van der Waals surface area contributed by atoms with E-state index in [2.05, 4.69) is 50.0 Å². The Morgan fingerprint density at radius 2 is 2.00 bits per heavy atom. The van der Waals surface area contributed by atoms with E-state index in [1.165, 1.54) is 12.4 Å². The van der Waals surface area contributed by atoms with Crippen molar-refractivity contribution in [3.05, 3.63) is 71.5 Å². The van der Waals surface area contributed by atoms with Gasteiger partial charge in [0.05, 0.1) is 36.8 Å². The van der Waals surface area contributed by atoms with E-state index in [0.29, 0.717) is 35.4 Å². The first-order chi connectivity index (χ1) is 19.9. The maximum absolute atomic E-state index is 12.4. The number of hydrogen-bond donors (Lipinski definition) is 2. The number of likely N-dealkylation sites (N-methyl/N-ethyl adjacent to an activating group) is 1. The number of nitrogens with zero attached hydrogens (tertiary/aromatic N) is 5. The van der Waals surface area contributed by atoms with Crippen molar-refractivity contribution in [1.82, 2.24) is 14.9 Å². The van der Waals surface area contributed by atoms with Crippen molar-refractivity contribution >= 4 is 46.2 Å². The summed E-state index contributed by atoms with van der Waals surface area (Å²) in [5.74, 6) is 1.51.